The number of carbonyl (C=O) groups excluding carboxylic acids is 1. The maximum atomic E-state index is 12.8. The first-order valence-electron chi connectivity index (χ1n) is 7.11. The molecule has 2 amide bonds. The molecule has 0 saturated heterocycles. The lowest BCUT2D eigenvalue weighted by Gasteiger charge is -2.31. The minimum atomic E-state index is -4.51. The normalized spacial score (nSPS) is 23.8. The fraction of sp³-hybridized carbons (Fsp3) is 0.846. The van der Waals surface area contributed by atoms with Crippen molar-refractivity contribution in [2.75, 3.05) is 0 Å². The van der Waals surface area contributed by atoms with Gasteiger partial charge < -0.3 is 15.7 Å². The van der Waals surface area contributed by atoms with Gasteiger partial charge in [-0.1, -0.05) is 25.7 Å². The van der Waals surface area contributed by atoms with E-state index in [0.29, 0.717) is 12.8 Å². The highest BCUT2D eigenvalue weighted by molar-refractivity contribution is 5.86. The molecule has 2 fully saturated rings. The number of rotatable bonds is 3. The summed E-state index contributed by atoms with van der Waals surface area (Å²) in [5.41, 5.74) is -3.64. The lowest BCUT2D eigenvalue weighted by molar-refractivity contribution is -0.162. The Kier molecular flexibility index (Phi) is 4.08. The fourth-order valence-electron chi connectivity index (χ4n) is 2.79. The monoisotopic (exact) mass is 308 g/mol. The molecule has 2 saturated carbocycles. The van der Waals surface area contributed by atoms with E-state index < -0.39 is 29.3 Å². The van der Waals surface area contributed by atoms with E-state index in [-0.39, 0.29) is 25.7 Å². The number of carboxylic acid groups (broad SMARTS) is 1. The highest BCUT2D eigenvalue weighted by Crippen LogP contribution is 2.48. The van der Waals surface area contributed by atoms with Gasteiger partial charge >= 0.3 is 18.2 Å². The molecule has 5 nitrogen and oxygen atoms in total. The van der Waals surface area contributed by atoms with Gasteiger partial charge in [0, 0.05) is 0 Å². The van der Waals surface area contributed by atoms with Crippen LogP contribution < -0.4 is 10.6 Å². The maximum Gasteiger partial charge on any atom is 0.411 e. The number of amides is 2. The molecule has 0 aromatic heterocycles. The molecule has 21 heavy (non-hydrogen) atoms. The first-order valence-corrected chi connectivity index (χ1v) is 7.11. The number of halogens is 3. The molecule has 0 aromatic carbocycles. The van der Waals surface area contributed by atoms with Crippen LogP contribution in [-0.4, -0.2) is 34.4 Å². The van der Waals surface area contributed by atoms with E-state index >= 15 is 0 Å². The summed E-state index contributed by atoms with van der Waals surface area (Å²) in [6.07, 6.45) is -1.34. The van der Waals surface area contributed by atoms with Crippen LogP contribution >= 0.6 is 0 Å². The van der Waals surface area contributed by atoms with E-state index in [4.69, 9.17) is 0 Å². The lowest BCUT2D eigenvalue weighted by Crippen LogP contribution is -2.60. The van der Waals surface area contributed by atoms with Crippen LogP contribution in [0.25, 0.3) is 0 Å². The number of hydrogen-bond donors (Lipinski definition) is 3. The fourth-order valence-corrected chi connectivity index (χ4v) is 2.79. The first kappa shape index (κ1) is 15.9. The van der Waals surface area contributed by atoms with Crippen LogP contribution in [-0.2, 0) is 4.79 Å². The highest BCUT2D eigenvalue weighted by atomic mass is 19.4. The van der Waals surface area contributed by atoms with Gasteiger partial charge in [-0.25, -0.2) is 9.59 Å². The summed E-state index contributed by atoms with van der Waals surface area (Å²) in [5.74, 6) is -1.18. The summed E-state index contributed by atoms with van der Waals surface area (Å²) in [5, 5.41) is 13.6. The number of nitrogens with one attached hydrogen (secondary N) is 2. The van der Waals surface area contributed by atoms with E-state index in [2.05, 4.69) is 5.32 Å². The van der Waals surface area contributed by atoms with Gasteiger partial charge in [-0.05, 0) is 25.7 Å². The van der Waals surface area contributed by atoms with Crippen molar-refractivity contribution in [1.29, 1.82) is 0 Å². The summed E-state index contributed by atoms with van der Waals surface area (Å²) >= 11 is 0. The van der Waals surface area contributed by atoms with Crippen LogP contribution in [0.5, 0.6) is 0 Å². The molecule has 3 N–H and O–H groups in total. The molecule has 0 unspecified atom stereocenters. The predicted octanol–water partition coefficient (Wildman–Crippen LogP) is 2.56. The van der Waals surface area contributed by atoms with E-state index in [0.717, 1.165) is 12.8 Å². The van der Waals surface area contributed by atoms with Gasteiger partial charge in [-0.15, -0.1) is 0 Å². The Morgan fingerprint density at radius 3 is 1.81 bits per heavy atom. The van der Waals surface area contributed by atoms with Gasteiger partial charge in [-0.2, -0.15) is 13.2 Å². The number of carboxylic acids is 1. The SMILES string of the molecule is O=C(NC1(C(=O)O)CCCCCC1)NC1(C(F)(F)F)CC1. The van der Waals surface area contributed by atoms with Crippen molar-refractivity contribution in [3.63, 3.8) is 0 Å². The summed E-state index contributed by atoms with van der Waals surface area (Å²) in [6, 6.07) is -1.05. The Hall–Kier alpha value is -1.47. The zero-order valence-corrected chi connectivity index (χ0v) is 11.6. The minimum absolute atomic E-state index is 0.163. The van der Waals surface area contributed by atoms with Gasteiger partial charge in [0.15, 0.2) is 0 Å². The van der Waals surface area contributed by atoms with E-state index in [1.165, 1.54) is 0 Å². The highest BCUT2D eigenvalue weighted by Gasteiger charge is 2.64. The second kappa shape index (κ2) is 5.38. The molecule has 0 aromatic rings. The third-order valence-electron chi connectivity index (χ3n) is 4.36. The van der Waals surface area contributed by atoms with Gasteiger partial charge in [0.25, 0.3) is 0 Å². The molecule has 0 heterocycles. The number of aliphatic carboxylic acids is 1. The Balaban J connectivity index is 2.04. The topological polar surface area (TPSA) is 78.4 Å². The number of urea groups is 1. The summed E-state index contributed by atoms with van der Waals surface area (Å²) in [7, 11) is 0. The average molecular weight is 308 g/mol. The predicted molar refractivity (Wildman–Crippen MR) is 67.8 cm³/mol. The molecule has 2 aliphatic rings. The van der Waals surface area contributed by atoms with Crippen molar-refractivity contribution in [2.24, 2.45) is 0 Å². The number of alkyl halides is 3. The summed E-state index contributed by atoms with van der Waals surface area (Å²) in [6.45, 7) is 0. The number of carbonyl (C=O) groups is 2. The summed E-state index contributed by atoms with van der Waals surface area (Å²) < 4.78 is 38.4. The second-order valence-corrected chi connectivity index (χ2v) is 5.96. The molecule has 0 bridgehead atoms. The first-order chi connectivity index (χ1) is 9.71. The largest absolute Gasteiger partial charge is 0.480 e. The third kappa shape index (κ3) is 3.24. The molecular formula is C13H19F3N2O3. The Bertz CT molecular complexity index is 425. The Labute approximate surface area is 120 Å². The van der Waals surface area contributed by atoms with Crippen LogP contribution in [0.3, 0.4) is 0 Å². The molecule has 0 radical (unpaired) electrons. The minimum Gasteiger partial charge on any atom is -0.480 e. The third-order valence-corrected chi connectivity index (χ3v) is 4.36. The van der Waals surface area contributed by atoms with Gasteiger partial charge in [0.05, 0.1) is 0 Å². The molecule has 8 heteroatoms. The smallest absolute Gasteiger partial charge is 0.411 e. The number of hydrogen-bond acceptors (Lipinski definition) is 2. The Morgan fingerprint density at radius 1 is 0.905 bits per heavy atom. The van der Waals surface area contributed by atoms with Crippen molar-refractivity contribution in [1.82, 2.24) is 10.6 Å². The van der Waals surface area contributed by atoms with Crippen molar-refractivity contribution in [3.05, 3.63) is 0 Å². The van der Waals surface area contributed by atoms with Crippen molar-refractivity contribution < 1.29 is 27.9 Å². The molecular weight excluding hydrogens is 289 g/mol. The zero-order valence-electron chi connectivity index (χ0n) is 11.6. The zero-order chi connectivity index (χ0) is 15.7. The quantitative estimate of drug-likeness (QED) is 0.701. The molecule has 0 aliphatic heterocycles. The Morgan fingerprint density at radius 2 is 1.43 bits per heavy atom. The van der Waals surface area contributed by atoms with Crippen molar-refractivity contribution in [3.8, 4) is 0 Å². The van der Waals surface area contributed by atoms with Gasteiger partial charge in [0.1, 0.15) is 11.1 Å². The van der Waals surface area contributed by atoms with E-state index in [9.17, 15) is 27.9 Å². The molecule has 0 atom stereocenters. The second-order valence-electron chi connectivity index (χ2n) is 5.96. The van der Waals surface area contributed by atoms with Gasteiger partial charge in [-0.3, -0.25) is 0 Å². The van der Waals surface area contributed by atoms with E-state index in [1.807, 2.05) is 5.32 Å². The van der Waals surface area contributed by atoms with Crippen LogP contribution in [0.15, 0.2) is 0 Å². The van der Waals surface area contributed by atoms with Crippen LogP contribution in [0.4, 0.5) is 18.0 Å². The molecule has 2 rings (SSSR count). The van der Waals surface area contributed by atoms with Crippen LogP contribution in [0.2, 0.25) is 0 Å². The molecule has 120 valence electrons. The molecule has 0 spiro atoms. The lowest BCUT2D eigenvalue weighted by atomic mass is 9.90. The standard InChI is InChI=1S/C13H19F3N2O3/c14-13(15,16)12(7-8-12)18-10(21)17-11(9(19)20)5-3-1-2-4-6-11/h1-8H2,(H,19,20)(H2,17,18,21). The summed E-state index contributed by atoms with van der Waals surface area (Å²) in [4.78, 5) is 23.3. The van der Waals surface area contributed by atoms with Crippen molar-refractivity contribution >= 4 is 12.0 Å². The molecule has 2 aliphatic carbocycles. The van der Waals surface area contributed by atoms with Crippen molar-refractivity contribution in [2.45, 2.75) is 68.6 Å². The van der Waals surface area contributed by atoms with E-state index in [1.54, 1.807) is 0 Å². The van der Waals surface area contributed by atoms with Crippen LogP contribution in [0, 0.1) is 0 Å². The van der Waals surface area contributed by atoms with Gasteiger partial charge in [0.2, 0.25) is 0 Å². The van der Waals surface area contributed by atoms with Crippen LogP contribution in [0.1, 0.15) is 51.4 Å². The average Bonchev–Trinajstić information content (AvgIpc) is 3.13. The maximum absolute atomic E-state index is 12.8.